The Morgan fingerprint density at radius 2 is 0.682 bits per heavy atom. The van der Waals surface area contributed by atoms with Gasteiger partial charge in [-0.3, -0.25) is 0 Å². The van der Waals surface area contributed by atoms with Gasteiger partial charge in [-0.15, -0.1) is 22.7 Å². The molecule has 0 saturated heterocycles. The summed E-state index contributed by atoms with van der Waals surface area (Å²) in [5, 5.41) is 0. The van der Waals surface area contributed by atoms with Gasteiger partial charge in [0.2, 0.25) is 0 Å². The van der Waals surface area contributed by atoms with E-state index in [4.69, 9.17) is 0 Å². The van der Waals surface area contributed by atoms with Crippen molar-refractivity contribution in [2.45, 2.75) is 105 Å². The van der Waals surface area contributed by atoms with E-state index < -0.39 is 0 Å². The average Bonchev–Trinajstić information content (AvgIpc) is 2.91. The molecule has 2 nitrogen and oxygen atoms in total. The monoisotopic (exact) mass is 618 g/mol. The highest BCUT2D eigenvalue weighted by Gasteiger charge is 2.29. The molecule has 0 atom stereocenters. The molecule has 0 aliphatic carbocycles. The van der Waals surface area contributed by atoms with Crippen LogP contribution in [0.4, 0.5) is 0 Å². The molecule has 0 fully saturated rings. The smallest absolute Gasteiger partial charge is 0.0878 e. The van der Waals surface area contributed by atoms with Crippen LogP contribution < -0.4 is 0 Å². The first-order valence-corrected chi connectivity index (χ1v) is 17.6. The summed E-state index contributed by atoms with van der Waals surface area (Å²) in [5.41, 5.74) is 13.5. The third-order valence-corrected chi connectivity index (χ3v) is 11.5. The van der Waals surface area contributed by atoms with E-state index in [0.29, 0.717) is 0 Å². The van der Waals surface area contributed by atoms with Gasteiger partial charge in [0.1, 0.15) is 0 Å². The highest BCUT2D eigenvalue weighted by Crippen LogP contribution is 2.48. The van der Waals surface area contributed by atoms with Gasteiger partial charge < -0.3 is 9.13 Å². The summed E-state index contributed by atoms with van der Waals surface area (Å²) in [5.74, 6) is 0. The van der Waals surface area contributed by atoms with Crippen LogP contribution in [0.1, 0.15) is 105 Å². The van der Waals surface area contributed by atoms with Crippen molar-refractivity contribution in [3.8, 4) is 11.4 Å². The molecule has 7 rings (SSSR count). The zero-order valence-corrected chi connectivity index (χ0v) is 30.1. The van der Waals surface area contributed by atoms with Gasteiger partial charge in [0.15, 0.2) is 0 Å². The summed E-state index contributed by atoms with van der Waals surface area (Å²) in [6.45, 7) is 27.9. The molecule has 0 saturated carbocycles. The zero-order chi connectivity index (χ0) is 31.7. The molecule has 3 aliphatic heterocycles. The Bertz CT molecular complexity index is 2040. The first-order valence-electron chi connectivity index (χ1n) is 15.9. The molecular weight excluding hydrogens is 573 g/mol. The van der Waals surface area contributed by atoms with Crippen molar-refractivity contribution < 1.29 is 0 Å². The van der Waals surface area contributed by atoms with Gasteiger partial charge in [0, 0.05) is 0 Å². The topological polar surface area (TPSA) is 9.86 Å². The zero-order valence-electron chi connectivity index (χ0n) is 28.5. The van der Waals surface area contributed by atoms with E-state index in [0.717, 1.165) is 0 Å². The Labute approximate surface area is 270 Å². The predicted molar refractivity (Wildman–Crippen MR) is 197 cm³/mol. The molecule has 0 aromatic heterocycles. The maximum atomic E-state index is 2.59. The van der Waals surface area contributed by atoms with Crippen molar-refractivity contribution in [1.29, 1.82) is 0 Å². The number of aromatic nitrogens is 2. The Hall–Kier alpha value is -3.08. The highest BCUT2D eigenvalue weighted by molar-refractivity contribution is 7.24. The largest absolute Gasteiger partial charge is 0.304 e. The van der Waals surface area contributed by atoms with Gasteiger partial charge in [-0.1, -0.05) is 95.2 Å². The minimum absolute atomic E-state index is 0.0209. The lowest BCUT2D eigenvalue weighted by Crippen LogP contribution is -2.19. The van der Waals surface area contributed by atoms with Crippen molar-refractivity contribution in [3.05, 3.63) is 82.9 Å². The predicted octanol–water partition coefficient (Wildman–Crippen LogP) is 12.6. The first kappa shape index (κ1) is 29.6. The number of nitrogens with zero attached hydrogens (tertiary/aromatic N) is 2. The third-order valence-electron chi connectivity index (χ3n) is 9.34. The van der Waals surface area contributed by atoms with E-state index in [1.807, 2.05) is 22.7 Å². The van der Waals surface area contributed by atoms with Crippen LogP contribution >= 0.6 is 22.7 Å². The van der Waals surface area contributed by atoms with Crippen LogP contribution in [0.2, 0.25) is 0 Å². The van der Waals surface area contributed by atoms with Crippen molar-refractivity contribution >= 4 is 63.5 Å². The summed E-state index contributed by atoms with van der Waals surface area (Å²) in [7, 11) is 0. The van der Waals surface area contributed by atoms with Crippen molar-refractivity contribution in [2.24, 2.45) is 0 Å². The number of fused-ring (bicyclic) bond motifs is 6. The fourth-order valence-electron chi connectivity index (χ4n) is 6.47. The second kappa shape index (κ2) is 9.23. The molecule has 0 spiro atoms. The molecule has 44 heavy (non-hydrogen) atoms. The summed E-state index contributed by atoms with van der Waals surface area (Å²) < 4.78 is 10.5. The minimum Gasteiger partial charge on any atom is -0.304 e. The minimum atomic E-state index is 0.0209. The van der Waals surface area contributed by atoms with E-state index in [1.165, 1.54) is 74.5 Å². The molecule has 3 heterocycles. The fraction of sp³-hybridized carbons (Fsp3) is 0.400. The van der Waals surface area contributed by atoms with E-state index in [1.54, 1.807) is 0 Å². The Balaban J connectivity index is 1.79. The molecule has 4 heteroatoms. The van der Waals surface area contributed by atoms with Crippen LogP contribution in [0.5, 0.6) is 0 Å². The molecule has 0 amide bonds. The second-order valence-electron chi connectivity index (χ2n) is 16.9. The van der Waals surface area contributed by atoms with E-state index in [-0.39, 0.29) is 21.7 Å². The van der Waals surface area contributed by atoms with E-state index in [2.05, 4.69) is 153 Å². The van der Waals surface area contributed by atoms with Crippen molar-refractivity contribution in [1.82, 2.24) is 9.13 Å². The van der Waals surface area contributed by atoms with Crippen LogP contribution in [0, 0.1) is 0 Å². The molecule has 3 aliphatic rings. The lowest BCUT2D eigenvalue weighted by molar-refractivity contribution is 0.590. The molecule has 4 aromatic rings. The summed E-state index contributed by atoms with van der Waals surface area (Å²) in [4.78, 5) is 0. The molecule has 0 unspecified atom stereocenters. The van der Waals surface area contributed by atoms with Gasteiger partial charge in [-0.25, -0.2) is 0 Å². The summed E-state index contributed by atoms with van der Waals surface area (Å²) in [6.07, 6.45) is 0. The van der Waals surface area contributed by atoms with Gasteiger partial charge in [0.05, 0.1) is 52.2 Å². The highest BCUT2D eigenvalue weighted by atomic mass is 32.1. The van der Waals surface area contributed by atoms with Crippen LogP contribution in [0.3, 0.4) is 0 Å². The Morgan fingerprint density at radius 3 is 1.00 bits per heavy atom. The molecule has 0 bridgehead atoms. The van der Waals surface area contributed by atoms with Crippen LogP contribution in [0.25, 0.3) is 52.2 Å². The van der Waals surface area contributed by atoms with Gasteiger partial charge in [0.25, 0.3) is 0 Å². The van der Waals surface area contributed by atoms with E-state index in [9.17, 15) is 0 Å². The molecular formula is C40H46N2S2. The van der Waals surface area contributed by atoms with Crippen LogP contribution in [-0.2, 0) is 21.7 Å². The van der Waals surface area contributed by atoms with Crippen LogP contribution in [0.15, 0.2) is 60.7 Å². The van der Waals surface area contributed by atoms with Gasteiger partial charge in [-0.05, 0) is 92.4 Å². The summed E-state index contributed by atoms with van der Waals surface area (Å²) >= 11 is 3.89. The van der Waals surface area contributed by atoms with Gasteiger partial charge >= 0.3 is 0 Å². The number of hydrogen-bond acceptors (Lipinski definition) is 2. The Morgan fingerprint density at radius 1 is 0.364 bits per heavy atom. The Kier molecular flexibility index (Phi) is 6.22. The standard InChI is InChI=1S/C40H46N2S2/c1-37(2,3)23-13-15-27-31(19-23)43-33-21-25(39(7,8)9)18-30-35(33)41(27)29-17-26(40(10,11)12)22-34-36(29)42(30)28-16-14-24(38(4,5)6)20-32(28)44-34/h13-22H,1-12H3. The van der Waals surface area contributed by atoms with Gasteiger partial charge in [-0.2, -0.15) is 0 Å². The van der Waals surface area contributed by atoms with Crippen molar-refractivity contribution in [2.75, 3.05) is 0 Å². The van der Waals surface area contributed by atoms with Crippen molar-refractivity contribution in [3.63, 3.8) is 0 Å². The summed E-state index contributed by atoms with van der Waals surface area (Å²) in [6, 6.07) is 24.2. The second-order valence-corrected chi connectivity index (χ2v) is 19.1. The fourth-order valence-corrected chi connectivity index (χ4v) is 8.80. The molecule has 0 N–H and O–H groups in total. The average molecular weight is 619 g/mol. The number of rotatable bonds is 0. The number of benzene rings is 4. The van der Waals surface area contributed by atoms with Crippen LogP contribution in [-0.4, -0.2) is 9.13 Å². The molecule has 4 aromatic carbocycles. The maximum Gasteiger partial charge on any atom is 0.0878 e. The normalized spacial score (nSPS) is 13.9. The quantitative estimate of drug-likeness (QED) is 0.118. The first-order chi connectivity index (χ1) is 20.3. The molecule has 0 radical (unpaired) electrons. The lowest BCUT2D eigenvalue weighted by atomic mass is 9.85. The number of hydrogen-bond donors (Lipinski definition) is 0. The SMILES string of the molecule is CC(C)(C)c1ccc2c(c1)sc1cc(C(C)(C)C)cc3c1-n2c1cc(C(C)(C)C)cc2sc4cc(C(C)(C)C)ccc4n3-c21. The third kappa shape index (κ3) is 4.55. The maximum absolute atomic E-state index is 2.59. The van der Waals surface area contributed by atoms with E-state index >= 15 is 0 Å². The molecule has 228 valence electrons. The lowest BCUT2D eigenvalue weighted by Gasteiger charge is -2.32.